The molecular weight excluding hydrogens is 608 g/mol. The van der Waals surface area contributed by atoms with Gasteiger partial charge in [0.2, 0.25) is 5.82 Å². The molecule has 0 unspecified atom stereocenters. The minimum atomic E-state index is -3.80. The topological polar surface area (TPSA) is 174 Å². The number of nitrogens with one attached hydrogen (secondary N) is 1. The van der Waals surface area contributed by atoms with Crippen LogP contribution in [0.2, 0.25) is 0 Å². The molecule has 1 aromatic carbocycles. The van der Waals surface area contributed by atoms with Crippen molar-refractivity contribution < 1.29 is 26.7 Å². The van der Waals surface area contributed by atoms with Crippen LogP contribution in [-0.4, -0.2) is 78.9 Å². The predicted molar refractivity (Wildman–Crippen MR) is 157 cm³/mol. The van der Waals surface area contributed by atoms with Gasteiger partial charge in [0.25, 0.3) is 5.91 Å². The van der Waals surface area contributed by atoms with Crippen LogP contribution in [-0.2, 0) is 9.84 Å². The summed E-state index contributed by atoms with van der Waals surface area (Å²) in [5.41, 5.74) is 9.82. The number of aromatic nitrogens is 7. The average Bonchev–Trinajstić information content (AvgIpc) is 3.75. The predicted octanol–water partition coefficient (Wildman–Crippen LogP) is 3.71. The lowest BCUT2D eigenvalue weighted by Crippen LogP contribution is -2.46. The number of hydrogen-bond acceptors (Lipinski definition) is 10. The van der Waals surface area contributed by atoms with Crippen molar-refractivity contribution in [3.63, 3.8) is 0 Å². The van der Waals surface area contributed by atoms with Crippen molar-refractivity contribution in [2.24, 2.45) is 0 Å². The number of nitrogen functional groups attached to an aromatic ring is 1. The molecule has 0 saturated carbocycles. The molecule has 0 aliphatic carbocycles. The highest BCUT2D eigenvalue weighted by Gasteiger charge is 2.46. The van der Waals surface area contributed by atoms with E-state index in [0.29, 0.717) is 46.6 Å². The number of aromatic amines is 1. The number of amides is 1. The van der Waals surface area contributed by atoms with Gasteiger partial charge in [0.15, 0.2) is 15.5 Å². The zero-order valence-electron chi connectivity index (χ0n) is 23.8. The number of carbonyl (C=O) groups excluding carboxylic acids is 1. The van der Waals surface area contributed by atoms with Crippen molar-refractivity contribution in [2.45, 2.75) is 55.2 Å². The van der Waals surface area contributed by atoms with Crippen LogP contribution in [0.1, 0.15) is 47.9 Å². The highest BCUT2D eigenvalue weighted by molar-refractivity contribution is 7.91. The van der Waals surface area contributed by atoms with E-state index in [2.05, 4.69) is 30.0 Å². The number of carbonyl (C=O) groups is 1. The molecule has 1 amide bonds. The van der Waals surface area contributed by atoms with Crippen LogP contribution in [0.25, 0.3) is 28.0 Å². The maximum atomic E-state index is 13.2. The molecule has 2 fully saturated rings. The Bertz CT molecular complexity index is 1990. The van der Waals surface area contributed by atoms with E-state index in [1.165, 1.54) is 23.0 Å². The minimum absolute atomic E-state index is 0.0352. The summed E-state index contributed by atoms with van der Waals surface area (Å²) >= 11 is 0. The Morgan fingerprint density at radius 1 is 1.07 bits per heavy atom. The summed E-state index contributed by atoms with van der Waals surface area (Å²) in [6, 6.07) is 9.51. The van der Waals surface area contributed by atoms with E-state index >= 15 is 0 Å². The number of pyridine rings is 1. The third-order valence-electron chi connectivity index (χ3n) is 8.46. The standard InChI is InChI=1S/C29H27F2N9O4S/c1-45(42,43)24-23(17-10-18-5-6-19(11-17)39(18)28(41)26-34-14-35-38-26)37-27-21(13-36-40(27)25(24)32)16-4-9-22(33-12-16)15-2-7-20(8-3-15)44-29(30)31/h2-4,7-9,12-14,17-19,29H,5-6,10-11,32H2,1H3,(H,34,35,38)/t17-,18-,19+. The van der Waals surface area contributed by atoms with E-state index in [0.717, 1.165) is 19.1 Å². The van der Waals surface area contributed by atoms with Gasteiger partial charge in [-0.3, -0.25) is 9.78 Å². The van der Waals surface area contributed by atoms with Gasteiger partial charge in [-0.15, -0.1) is 10.2 Å². The quantitative estimate of drug-likeness (QED) is 0.268. The van der Waals surface area contributed by atoms with Gasteiger partial charge in [-0.1, -0.05) is 6.07 Å². The van der Waals surface area contributed by atoms with Crippen LogP contribution in [0.3, 0.4) is 0 Å². The fraction of sp³-hybridized carbons (Fsp3) is 0.310. The summed E-state index contributed by atoms with van der Waals surface area (Å²) in [4.78, 5) is 27.1. The van der Waals surface area contributed by atoms with Gasteiger partial charge in [-0.2, -0.15) is 18.4 Å². The van der Waals surface area contributed by atoms with Crippen LogP contribution < -0.4 is 10.5 Å². The number of anilines is 1. The molecule has 7 rings (SSSR count). The summed E-state index contributed by atoms with van der Waals surface area (Å²) in [5.74, 6) is -0.307. The Balaban J connectivity index is 1.23. The summed E-state index contributed by atoms with van der Waals surface area (Å²) in [7, 11) is -3.80. The first-order chi connectivity index (χ1) is 21.6. The van der Waals surface area contributed by atoms with Gasteiger partial charge < -0.3 is 20.4 Å². The number of nitrogens with zero attached hydrogens (tertiary/aromatic N) is 7. The van der Waals surface area contributed by atoms with Gasteiger partial charge in [0, 0.05) is 47.1 Å². The molecule has 3 atom stereocenters. The SMILES string of the molecule is CS(=O)(=O)c1c([C@@H]2C[C@H]3CC[C@@H](C2)N3C(=O)c2nnc[nH]2)nc2c(-c3ccc(-c4ccc(OC(F)F)cc4)nc3)cnn2c1N. The normalized spacial score (nSPS) is 19.8. The lowest BCUT2D eigenvalue weighted by atomic mass is 9.87. The maximum absolute atomic E-state index is 13.2. The largest absolute Gasteiger partial charge is 0.435 e. The monoisotopic (exact) mass is 635 g/mol. The van der Waals surface area contributed by atoms with E-state index in [4.69, 9.17) is 10.7 Å². The molecular formula is C29H27F2N9O4S. The summed E-state index contributed by atoms with van der Waals surface area (Å²) in [6.07, 6.45) is 8.25. The second-order valence-electron chi connectivity index (χ2n) is 11.2. The molecule has 16 heteroatoms. The molecule has 0 radical (unpaired) electrons. The summed E-state index contributed by atoms with van der Waals surface area (Å²) in [5, 5.41) is 12.0. The first-order valence-electron chi connectivity index (χ1n) is 14.2. The second kappa shape index (κ2) is 10.9. The number of piperidine rings is 1. The van der Waals surface area contributed by atoms with Crippen molar-refractivity contribution in [3.8, 4) is 28.1 Å². The molecule has 5 aromatic rings. The molecule has 2 saturated heterocycles. The van der Waals surface area contributed by atoms with Crippen molar-refractivity contribution in [1.29, 1.82) is 0 Å². The van der Waals surface area contributed by atoms with Crippen LogP contribution in [0.4, 0.5) is 14.6 Å². The van der Waals surface area contributed by atoms with Gasteiger partial charge in [0.1, 0.15) is 22.8 Å². The van der Waals surface area contributed by atoms with E-state index in [9.17, 15) is 22.0 Å². The molecule has 2 aliphatic rings. The Morgan fingerprint density at radius 2 is 1.78 bits per heavy atom. The molecule has 0 spiro atoms. The number of rotatable bonds is 7. The Morgan fingerprint density at radius 3 is 2.38 bits per heavy atom. The lowest BCUT2D eigenvalue weighted by molar-refractivity contribution is -0.0498. The zero-order valence-corrected chi connectivity index (χ0v) is 24.7. The van der Waals surface area contributed by atoms with Crippen molar-refractivity contribution in [1.82, 2.24) is 39.7 Å². The highest BCUT2D eigenvalue weighted by Crippen LogP contribution is 2.45. The first-order valence-corrected chi connectivity index (χ1v) is 16.0. The fourth-order valence-electron chi connectivity index (χ4n) is 6.57. The van der Waals surface area contributed by atoms with E-state index in [-0.39, 0.29) is 46.2 Å². The number of fused-ring (bicyclic) bond motifs is 3. The lowest BCUT2D eigenvalue weighted by Gasteiger charge is -2.38. The molecule has 4 aromatic heterocycles. The number of ether oxygens (including phenoxy) is 1. The molecule has 2 bridgehead atoms. The van der Waals surface area contributed by atoms with Gasteiger partial charge in [0.05, 0.1) is 17.6 Å². The Labute approximate surface area is 255 Å². The van der Waals surface area contributed by atoms with Crippen molar-refractivity contribution >= 4 is 27.2 Å². The third-order valence-corrected chi connectivity index (χ3v) is 9.62. The fourth-order valence-corrected chi connectivity index (χ4v) is 7.63. The summed E-state index contributed by atoms with van der Waals surface area (Å²) in [6.45, 7) is -2.91. The van der Waals surface area contributed by atoms with E-state index < -0.39 is 16.4 Å². The first kappa shape index (κ1) is 28.8. The van der Waals surface area contributed by atoms with E-state index in [1.54, 1.807) is 30.6 Å². The molecule has 2 aliphatic heterocycles. The Kier molecular flexibility index (Phi) is 6.95. The number of alkyl halides is 2. The second-order valence-corrected chi connectivity index (χ2v) is 13.2. The number of H-pyrrole nitrogens is 1. The molecule has 3 N–H and O–H groups in total. The highest BCUT2D eigenvalue weighted by atomic mass is 32.2. The van der Waals surface area contributed by atoms with Gasteiger partial charge >= 0.3 is 6.61 Å². The molecule has 6 heterocycles. The smallest absolute Gasteiger partial charge is 0.387 e. The minimum Gasteiger partial charge on any atom is -0.435 e. The molecule has 45 heavy (non-hydrogen) atoms. The van der Waals surface area contributed by atoms with Gasteiger partial charge in [-0.25, -0.2) is 13.4 Å². The maximum Gasteiger partial charge on any atom is 0.387 e. The van der Waals surface area contributed by atoms with Crippen LogP contribution in [0, 0.1) is 0 Å². The third kappa shape index (κ3) is 5.13. The average molecular weight is 636 g/mol. The number of sulfone groups is 1. The van der Waals surface area contributed by atoms with Gasteiger partial charge in [-0.05, 0) is 56.0 Å². The van der Waals surface area contributed by atoms with E-state index in [1.807, 2.05) is 11.0 Å². The number of hydrogen-bond donors (Lipinski definition) is 2. The van der Waals surface area contributed by atoms with Crippen molar-refractivity contribution in [3.05, 3.63) is 66.6 Å². The van der Waals surface area contributed by atoms with Crippen LogP contribution in [0.5, 0.6) is 5.75 Å². The molecule has 13 nitrogen and oxygen atoms in total. The zero-order chi connectivity index (χ0) is 31.5. The van der Waals surface area contributed by atoms with Crippen molar-refractivity contribution in [2.75, 3.05) is 12.0 Å². The summed E-state index contributed by atoms with van der Waals surface area (Å²) < 4.78 is 56.9. The Hall–Kier alpha value is -4.99. The van der Waals surface area contributed by atoms with Crippen LogP contribution in [0.15, 0.2) is 60.0 Å². The van der Waals surface area contributed by atoms with Crippen LogP contribution >= 0.6 is 0 Å². The number of nitrogens with two attached hydrogens (primary N) is 1. The number of halogens is 2. The number of benzene rings is 1. The molecule has 232 valence electrons.